The van der Waals surface area contributed by atoms with Crippen molar-refractivity contribution in [2.75, 3.05) is 0 Å². The van der Waals surface area contributed by atoms with E-state index in [2.05, 4.69) is 34.2 Å². The highest BCUT2D eigenvalue weighted by Gasteiger charge is 2.09. The molecule has 0 radical (unpaired) electrons. The standard InChI is InChI=1S/C16H17BrFN/c1-11-7-8-14(18)9-13(11)10-19-12(2)15-5-3-4-6-16(15)17/h3-9,12,19H,10H2,1-2H3/t12-/m1/s1. The Morgan fingerprint density at radius 3 is 2.68 bits per heavy atom. The van der Waals surface area contributed by atoms with Crippen molar-refractivity contribution in [3.8, 4) is 0 Å². The summed E-state index contributed by atoms with van der Waals surface area (Å²) >= 11 is 3.55. The Hall–Kier alpha value is -1.19. The monoisotopic (exact) mass is 321 g/mol. The zero-order valence-electron chi connectivity index (χ0n) is 11.1. The number of hydrogen-bond acceptors (Lipinski definition) is 1. The first-order chi connectivity index (χ1) is 9.08. The Morgan fingerprint density at radius 1 is 1.21 bits per heavy atom. The van der Waals surface area contributed by atoms with Crippen molar-refractivity contribution in [2.45, 2.75) is 26.4 Å². The SMILES string of the molecule is Cc1ccc(F)cc1CN[C@H](C)c1ccccc1Br. The molecule has 0 fully saturated rings. The average molecular weight is 322 g/mol. The molecule has 0 aliphatic carbocycles. The van der Waals surface area contributed by atoms with Gasteiger partial charge in [-0.25, -0.2) is 4.39 Å². The first-order valence-electron chi connectivity index (χ1n) is 6.31. The fourth-order valence-corrected chi connectivity index (χ4v) is 2.66. The van der Waals surface area contributed by atoms with Crippen LogP contribution in [0.25, 0.3) is 0 Å². The third kappa shape index (κ3) is 3.64. The fraction of sp³-hybridized carbons (Fsp3) is 0.250. The molecule has 1 atom stereocenters. The van der Waals surface area contributed by atoms with Gasteiger partial charge in [-0.2, -0.15) is 0 Å². The maximum atomic E-state index is 13.2. The highest BCUT2D eigenvalue weighted by molar-refractivity contribution is 9.10. The lowest BCUT2D eigenvalue weighted by Gasteiger charge is -2.16. The maximum absolute atomic E-state index is 13.2. The van der Waals surface area contributed by atoms with Gasteiger partial charge in [0.25, 0.3) is 0 Å². The summed E-state index contributed by atoms with van der Waals surface area (Å²) in [5, 5.41) is 3.43. The molecule has 0 spiro atoms. The molecule has 100 valence electrons. The van der Waals surface area contributed by atoms with E-state index in [1.807, 2.05) is 31.2 Å². The molecule has 0 unspecified atom stereocenters. The van der Waals surface area contributed by atoms with Crippen LogP contribution in [0, 0.1) is 12.7 Å². The van der Waals surface area contributed by atoms with Crippen LogP contribution in [0.4, 0.5) is 4.39 Å². The molecule has 0 heterocycles. The first kappa shape index (κ1) is 14.2. The Kier molecular flexibility index (Phi) is 4.72. The Bertz CT molecular complexity index is 568. The van der Waals surface area contributed by atoms with Gasteiger partial charge in [0.15, 0.2) is 0 Å². The van der Waals surface area contributed by atoms with Gasteiger partial charge in [0.2, 0.25) is 0 Å². The van der Waals surface area contributed by atoms with E-state index in [4.69, 9.17) is 0 Å². The molecule has 1 N–H and O–H groups in total. The summed E-state index contributed by atoms with van der Waals surface area (Å²) in [5.41, 5.74) is 3.31. The van der Waals surface area contributed by atoms with Crippen molar-refractivity contribution in [3.63, 3.8) is 0 Å². The molecular weight excluding hydrogens is 305 g/mol. The molecule has 0 aliphatic heterocycles. The molecule has 3 heteroatoms. The van der Waals surface area contributed by atoms with Gasteiger partial charge in [-0.1, -0.05) is 40.2 Å². The summed E-state index contributed by atoms with van der Waals surface area (Å²) in [6.07, 6.45) is 0. The van der Waals surface area contributed by atoms with Crippen LogP contribution in [0.5, 0.6) is 0 Å². The first-order valence-corrected chi connectivity index (χ1v) is 7.10. The van der Waals surface area contributed by atoms with Gasteiger partial charge < -0.3 is 5.32 Å². The average Bonchev–Trinajstić information content (AvgIpc) is 2.40. The van der Waals surface area contributed by atoms with Crippen LogP contribution in [0.2, 0.25) is 0 Å². The second-order valence-electron chi connectivity index (χ2n) is 4.69. The van der Waals surface area contributed by atoms with Crippen LogP contribution in [-0.4, -0.2) is 0 Å². The number of rotatable bonds is 4. The molecule has 2 aromatic rings. The summed E-state index contributed by atoms with van der Waals surface area (Å²) in [5.74, 6) is -0.184. The predicted molar refractivity (Wildman–Crippen MR) is 80.5 cm³/mol. The van der Waals surface area contributed by atoms with Gasteiger partial charge in [-0.15, -0.1) is 0 Å². The van der Waals surface area contributed by atoms with Crippen molar-refractivity contribution < 1.29 is 4.39 Å². The summed E-state index contributed by atoms with van der Waals surface area (Å²) in [6.45, 7) is 4.76. The Balaban J connectivity index is 2.06. The van der Waals surface area contributed by atoms with Gasteiger partial charge in [0, 0.05) is 17.1 Å². The van der Waals surface area contributed by atoms with E-state index in [-0.39, 0.29) is 11.9 Å². The summed E-state index contributed by atoms with van der Waals surface area (Å²) < 4.78 is 14.3. The van der Waals surface area contributed by atoms with Crippen molar-refractivity contribution in [1.82, 2.24) is 5.32 Å². The van der Waals surface area contributed by atoms with Crippen molar-refractivity contribution in [3.05, 3.63) is 69.4 Å². The number of aryl methyl sites for hydroxylation is 1. The van der Waals surface area contributed by atoms with Crippen molar-refractivity contribution >= 4 is 15.9 Å². The third-order valence-corrected chi connectivity index (χ3v) is 4.00. The lowest BCUT2D eigenvalue weighted by Crippen LogP contribution is -2.19. The largest absolute Gasteiger partial charge is 0.306 e. The highest BCUT2D eigenvalue weighted by atomic mass is 79.9. The molecule has 0 aliphatic rings. The fourth-order valence-electron chi connectivity index (χ4n) is 2.03. The van der Waals surface area contributed by atoms with E-state index in [0.717, 1.165) is 15.6 Å². The summed E-state index contributed by atoms with van der Waals surface area (Å²) in [6, 6.07) is 13.2. The molecule has 2 aromatic carbocycles. The van der Waals surface area contributed by atoms with Crippen LogP contribution in [-0.2, 0) is 6.54 Å². The molecular formula is C16H17BrFN. The van der Waals surface area contributed by atoms with Crippen LogP contribution >= 0.6 is 15.9 Å². The zero-order chi connectivity index (χ0) is 13.8. The highest BCUT2D eigenvalue weighted by Crippen LogP contribution is 2.23. The van der Waals surface area contributed by atoms with Crippen molar-refractivity contribution in [1.29, 1.82) is 0 Å². The normalized spacial score (nSPS) is 12.4. The lowest BCUT2D eigenvalue weighted by molar-refractivity contribution is 0.566. The van der Waals surface area contributed by atoms with E-state index in [1.165, 1.54) is 11.6 Å². The smallest absolute Gasteiger partial charge is 0.123 e. The minimum absolute atomic E-state index is 0.184. The molecule has 0 saturated carbocycles. The van der Waals surface area contributed by atoms with Gasteiger partial charge in [0.1, 0.15) is 5.82 Å². The lowest BCUT2D eigenvalue weighted by atomic mass is 10.1. The third-order valence-electron chi connectivity index (χ3n) is 3.28. The number of halogens is 2. The molecule has 2 rings (SSSR count). The molecule has 19 heavy (non-hydrogen) atoms. The topological polar surface area (TPSA) is 12.0 Å². The van der Waals surface area contributed by atoms with E-state index >= 15 is 0 Å². The molecule has 0 aromatic heterocycles. The van der Waals surface area contributed by atoms with Crippen molar-refractivity contribution in [2.24, 2.45) is 0 Å². The summed E-state index contributed by atoms with van der Waals surface area (Å²) in [7, 11) is 0. The van der Waals surface area contributed by atoms with E-state index < -0.39 is 0 Å². The van der Waals surface area contributed by atoms with Crippen LogP contribution < -0.4 is 5.32 Å². The summed E-state index contributed by atoms with van der Waals surface area (Å²) in [4.78, 5) is 0. The number of nitrogens with one attached hydrogen (secondary N) is 1. The minimum Gasteiger partial charge on any atom is -0.306 e. The second-order valence-corrected chi connectivity index (χ2v) is 5.55. The van der Waals surface area contributed by atoms with E-state index in [9.17, 15) is 4.39 Å². The maximum Gasteiger partial charge on any atom is 0.123 e. The van der Waals surface area contributed by atoms with Crippen LogP contribution in [0.1, 0.15) is 29.7 Å². The van der Waals surface area contributed by atoms with Gasteiger partial charge >= 0.3 is 0 Å². The Labute approximate surface area is 122 Å². The quantitative estimate of drug-likeness (QED) is 0.857. The predicted octanol–water partition coefficient (Wildman–Crippen LogP) is 4.75. The zero-order valence-corrected chi connectivity index (χ0v) is 12.7. The second kappa shape index (κ2) is 6.31. The molecule has 1 nitrogen and oxygen atoms in total. The van der Waals surface area contributed by atoms with Gasteiger partial charge in [0.05, 0.1) is 0 Å². The van der Waals surface area contributed by atoms with Crippen LogP contribution in [0.15, 0.2) is 46.9 Å². The van der Waals surface area contributed by atoms with Crippen LogP contribution in [0.3, 0.4) is 0 Å². The number of hydrogen-bond donors (Lipinski definition) is 1. The minimum atomic E-state index is -0.184. The number of benzene rings is 2. The van der Waals surface area contributed by atoms with Gasteiger partial charge in [-0.05, 0) is 48.7 Å². The Morgan fingerprint density at radius 2 is 1.95 bits per heavy atom. The van der Waals surface area contributed by atoms with E-state index in [0.29, 0.717) is 6.54 Å². The molecule has 0 saturated heterocycles. The molecule has 0 bridgehead atoms. The van der Waals surface area contributed by atoms with Gasteiger partial charge in [-0.3, -0.25) is 0 Å². The van der Waals surface area contributed by atoms with E-state index in [1.54, 1.807) is 6.07 Å². The molecule has 0 amide bonds.